The minimum absolute atomic E-state index is 0.230. The van der Waals surface area contributed by atoms with Gasteiger partial charge in [-0.2, -0.15) is 9.61 Å². The highest BCUT2D eigenvalue weighted by Gasteiger charge is 2.20. The third kappa shape index (κ3) is 4.50. The number of likely N-dealkylation sites (N-methyl/N-ethyl adjacent to an activating group) is 1. The summed E-state index contributed by atoms with van der Waals surface area (Å²) in [7, 11) is 2.15. The molecule has 35 heavy (non-hydrogen) atoms. The van der Waals surface area contributed by atoms with E-state index in [0.717, 1.165) is 44.7 Å². The predicted octanol–water partition coefficient (Wildman–Crippen LogP) is 0.558. The van der Waals surface area contributed by atoms with Crippen molar-refractivity contribution in [3.63, 3.8) is 0 Å². The van der Waals surface area contributed by atoms with Crippen LogP contribution in [0.5, 0.6) is 5.88 Å². The Bertz CT molecular complexity index is 1540. The van der Waals surface area contributed by atoms with E-state index in [0.29, 0.717) is 28.2 Å². The number of hydrogen-bond acceptors (Lipinski definition) is 8. The van der Waals surface area contributed by atoms with E-state index in [1.807, 2.05) is 6.07 Å². The average Bonchev–Trinajstić information content (AvgIpc) is 3.48. The zero-order chi connectivity index (χ0) is 23.9. The Hall–Kier alpha value is -4.12. The molecule has 11 nitrogen and oxygen atoms in total. The zero-order valence-electron chi connectivity index (χ0n) is 19.4. The van der Waals surface area contributed by atoms with Crippen LogP contribution in [0.1, 0.15) is 18.5 Å². The van der Waals surface area contributed by atoms with Gasteiger partial charge in [0.1, 0.15) is 11.5 Å². The smallest absolute Gasteiger partial charge is 0.326 e. The number of hydrogen-bond donors (Lipinski definition) is 4. The Morgan fingerprint density at radius 1 is 1.14 bits per heavy atom. The molecule has 0 amide bonds. The number of H-pyrrole nitrogens is 2. The third-order valence-electron chi connectivity index (χ3n) is 6.39. The quantitative estimate of drug-likeness (QED) is 0.333. The zero-order valence-corrected chi connectivity index (χ0v) is 19.4. The topological polar surface area (TPSA) is 130 Å². The van der Waals surface area contributed by atoms with E-state index in [1.54, 1.807) is 16.8 Å². The molecule has 3 aromatic heterocycles. The van der Waals surface area contributed by atoms with Crippen molar-refractivity contribution in [2.45, 2.75) is 18.9 Å². The second-order valence-corrected chi connectivity index (χ2v) is 9.14. The fraction of sp³-hybridized carbons (Fsp3) is 0.333. The highest BCUT2D eigenvalue weighted by atomic mass is 16.3. The Balaban J connectivity index is 1.35. The highest BCUT2D eigenvalue weighted by molar-refractivity contribution is 5.63. The van der Waals surface area contributed by atoms with Crippen LogP contribution < -0.4 is 26.6 Å². The lowest BCUT2D eigenvalue weighted by Gasteiger charge is -2.34. The fourth-order valence-electron chi connectivity index (χ4n) is 4.23. The maximum absolute atomic E-state index is 11.5. The van der Waals surface area contributed by atoms with Crippen molar-refractivity contribution in [3.8, 4) is 5.88 Å². The number of imidazole rings is 1. The average molecular weight is 474 g/mol. The molecule has 0 spiro atoms. The number of anilines is 3. The molecular weight excluding hydrogens is 446 g/mol. The van der Waals surface area contributed by atoms with Crippen molar-refractivity contribution >= 4 is 28.9 Å². The molecule has 2 aliphatic rings. The minimum atomic E-state index is -0.481. The normalized spacial score (nSPS) is 18.0. The third-order valence-corrected chi connectivity index (χ3v) is 6.39. The summed E-state index contributed by atoms with van der Waals surface area (Å²) in [5.41, 5.74) is 3.21. The van der Waals surface area contributed by atoms with E-state index in [-0.39, 0.29) is 11.6 Å². The maximum Gasteiger partial charge on any atom is 0.326 e. The van der Waals surface area contributed by atoms with Crippen LogP contribution >= 0.6 is 0 Å². The lowest BCUT2D eigenvalue weighted by Crippen LogP contribution is -2.44. The van der Waals surface area contributed by atoms with E-state index in [1.165, 1.54) is 5.69 Å². The molecule has 1 aliphatic heterocycles. The number of fused-ring (bicyclic) bond motifs is 1. The van der Waals surface area contributed by atoms with Crippen LogP contribution in [-0.2, 0) is 0 Å². The fourth-order valence-corrected chi connectivity index (χ4v) is 4.23. The molecule has 0 atom stereocenters. The second-order valence-electron chi connectivity index (χ2n) is 9.14. The number of aromatic nitrogens is 5. The number of nitrogens with one attached hydrogen (secondary N) is 3. The summed E-state index contributed by atoms with van der Waals surface area (Å²) in [4.78, 5) is 30.7. The Morgan fingerprint density at radius 2 is 1.91 bits per heavy atom. The largest absolute Gasteiger partial charge is 0.493 e. The van der Waals surface area contributed by atoms with E-state index in [4.69, 9.17) is 9.98 Å². The number of aromatic hydroxyl groups is 1. The van der Waals surface area contributed by atoms with Gasteiger partial charge in [-0.25, -0.2) is 9.78 Å². The Morgan fingerprint density at radius 3 is 2.60 bits per heavy atom. The molecule has 6 rings (SSSR count). The Labute approximate surface area is 200 Å². The van der Waals surface area contributed by atoms with Crippen molar-refractivity contribution in [1.29, 1.82) is 0 Å². The van der Waals surface area contributed by atoms with Crippen molar-refractivity contribution in [3.05, 3.63) is 63.4 Å². The summed E-state index contributed by atoms with van der Waals surface area (Å²) in [6, 6.07) is 10.6. The van der Waals surface area contributed by atoms with Gasteiger partial charge in [-0.1, -0.05) is 0 Å². The lowest BCUT2D eigenvalue weighted by molar-refractivity contribution is 0.313. The van der Waals surface area contributed by atoms with Gasteiger partial charge >= 0.3 is 5.69 Å². The van der Waals surface area contributed by atoms with E-state index in [2.05, 4.69) is 61.5 Å². The summed E-state index contributed by atoms with van der Waals surface area (Å²) in [6.45, 7) is 4.18. The lowest BCUT2D eigenvalue weighted by atomic mass is 10.2. The van der Waals surface area contributed by atoms with Crippen molar-refractivity contribution in [1.82, 2.24) is 29.5 Å². The minimum Gasteiger partial charge on any atom is -0.493 e. The summed E-state index contributed by atoms with van der Waals surface area (Å²) in [6.07, 6.45) is 5.42. The van der Waals surface area contributed by atoms with Gasteiger partial charge in [0, 0.05) is 48.8 Å². The van der Waals surface area contributed by atoms with Crippen molar-refractivity contribution < 1.29 is 5.11 Å². The Kier molecular flexibility index (Phi) is 5.25. The summed E-state index contributed by atoms with van der Waals surface area (Å²) in [5, 5.41) is 18.5. The van der Waals surface area contributed by atoms with Crippen LogP contribution in [0.25, 0.3) is 11.7 Å². The number of rotatable bonds is 5. The van der Waals surface area contributed by atoms with Crippen molar-refractivity contribution in [2.75, 3.05) is 43.4 Å². The monoisotopic (exact) mass is 473 g/mol. The van der Waals surface area contributed by atoms with E-state index in [9.17, 15) is 9.90 Å². The van der Waals surface area contributed by atoms with Crippen LogP contribution in [0.15, 0.2) is 46.3 Å². The van der Waals surface area contributed by atoms with Gasteiger partial charge < -0.3 is 25.2 Å². The van der Waals surface area contributed by atoms with Crippen LogP contribution in [0, 0.1) is 0 Å². The van der Waals surface area contributed by atoms with Crippen LogP contribution in [0.4, 0.5) is 17.2 Å². The molecule has 1 aliphatic carbocycles. The molecule has 0 bridgehead atoms. The molecule has 1 saturated carbocycles. The van der Waals surface area contributed by atoms with Crippen molar-refractivity contribution in [2.24, 2.45) is 4.99 Å². The standard InChI is InChI=1S/C24H27N9O2/c1-31-8-10-32(11-9-31)18-6-4-16(5-7-18)26-20-13-21(27-17-2-3-17)33-22(29-20)15(14-25-33)12-19-23(34)30-24(35)28-19/h4-7,12-14,17,26,34H,2-3,8-11H2,1H3,(H2,28,30,35)/b15-12+,27-21?. The first-order valence-corrected chi connectivity index (χ1v) is 11.8. The molecule has 180 valence electrons. The van der Waals surface area contributed by atoms with Gasteiger partial charge in [-0.3, -0.25) is 9.98 Å². The first-order chi connectivity index (χ1) is 17.0. The molecule has 0 unspecified atom stereocenters. The summed E-state index contributed by atoms with van der Waals surface area (Å²) < 4.78 is 1.69. The van der Waals surface area contributed by atoms with E-state index < -0.39 is 5.69 Å². The maximum atomic E-state index is 11.5. The molecule has 4 N–H and O–H groups in total. The molecule has 0 radical (unpaired) electrons. The molecule has 11 heteroatoms. The van der Waals surface area contributed by atoms with Gasteiger partial charge in [-0.05, 0) is 50.2 Å². The molecule has 1 aromatic carbocycles. The molecule has 1 saturated heterocycles. The van der Waals surface area contributed by atoms with Gasteiger partial charge in [0.2, 0.25) is 5.88 Å². The molecule has 4 heterocycles. The second kappa shape index (κ2) is 8.58. The van der Waals surface area contributed by atoms with E-state index >= 15 is 0 Å². The summed E-state index contributed by atoms with van der Waals surface area (Å²) in [5.74, 6) is 0.415. The van der Waals surface area contributed by atoms with Gasteiger partial charge in [0.15, 0.2) is 11.1 Å². The summed E-state index contributed by atoms with van der Waals surface area (Å²) >= 11 is 0. The number of benzene rings is 1. The first kappa shape index (κ1) is 21.4. The van der Waals surface area contributed by atoms with Crippen LogP contribution in [0.3, 0.4) is 0 Å². The first-order valence-electron chi connectivity index (χ1n) is 11.8. The molecular formula is C24H27N9O2. The van der Waals surface area contributed by atoms with Crippen LogP contribution in [0.2, 0.25) is 0 Å². The van der Waals surface area contributed by atoms with Gasteiger partial charge in [-0.15, -0.1) is 0 Å². The number of piperazine rings is 1. The van der Waals surface area contributed by atoms with Gasteiger partial charge in [0.25, 0.3) is 0 Å². The number of nitrogens with zero attached hydrogens (tertiary/aromatic N) is 6. The molecule has 2 fully saturated rings. The SMILES string of the molecule is CN1CCN(c2ccc(Nc3cc(=NC4CC4)n4nc/c(=C\c5[nH]c(=O)[nH]c5O)c4n3)cc2)CC1. The highest BCUT2D eigenvalue weighted by Crippen LogP contribution is 2.23. The molecule has 4 aromatic rings. The van der Waals surface area contributed by atoms with Crippen LogP contribution in [-0.4, -0.2) is 73.8 Å². The predicted molar refractivity (Wildman–Crippen MR) is 133 cm³/mol. The van der Waals surface area contributed by atoms with Gasteiger partial charge in [0.05, 0.1) is 12.2 Å². The number of aromatic amines is 2.